The van der Waals surface area contributed by atoms with Crippen LogP contribution in [0.4, 0.5) is 0 Å². The molecule has 2 fully saturated rings. The zero-order valence-corrected chi connectivity index (χ0v) is 10.9. The summed E-state index contributed by atoms with van der Waals surface area (Å²) in [5.74, 6) is 1.92. The summed E-state index contributed by atoms with van der Waals surface area (Å²) in [6.45, 7) is 6.83. The number of amidine groups is 1. The molecule has 3 heteroatoms. The Morgan fingerprint density at radius 3 is 2.67 bits per heavy atom. The second-order valence-corrected chi connectivity index (χ2v) is 6.52. The van der Waals surface area contributed by atoms with Crippen molar-refractivity contribution in [1.82, 2.24) is 5.32 Å². The highest BCUT2D eigenvalue weighted by Crippen LogP contribution is 2.29. The van der Waals surface area contributed by atoms with Crippen molar-refractivity contribution < 1.29 is 0 Å². The monoisotopic (exact) mass is 226 g/mol. The summed E-state index contributed by atoms with van der Waals surface area (Å²) in [5, 5.41) is 4.69. The van der Waals surface area contributed by atoms with Gasteiger partial charge in [-0.25, -0.2) is 0 Å². The van der Waals surface area contributed by atoms with Crippen LogP contribution in [0.5, 0.6) is 0 Å². The summed E-state index contributed by atoms with van der Waals surface area (Å²) >= 11 is 1.88. The van der Waals surface area contributed by atoms with Crippen molar-refractivity contribution in [3.05, 3.63) is 0 Å². The van der Waals surface area contributed by atoms with Gasteiger partial charge in [-0.05, 0) is 32.6 Å². The lowest BCUT2D eigenvalue weighted by Crippen LogP contribution is -2.37. The van der Waals surface area contributed by atoms with E-state index in [4.69, 9.17) is 4.99 Å². The van der Waals surface area contributed by atoms with Crippen LogP contribution in [-0.2, 0) is 0 Å². The topological polar surface area (TPSA) is 24.4 Å². The largest absolute Gasteiger partial charge is 0.359 e. The Balaban J connectivity index is 1.97. The van der Waals surface area contributed by atoms with Gasteiger partial charge in [-0.2, -0.15) is 0 Å². The van der Waals surface area contributed by atoms with Crippen LogP contribution in [0.2, 0.25) is 0 Å². The Bertz CT molecular complexity index is 260. The van der Waals surface area contributed by atoms with Gasteiger partial charge in [0.2, 0.25) is 0 Å². The first kappa shape index (κ1) is 11.3. The van der Waals surface area contributed by atoms with E-state index in [0.29, 0.717) is 6.04 Å². The standard InChI is InChI=1S/C12H22N2S/c1-9-6-4-5-7-10(9)13-11-14-12(2,3)8-15-11/h9-10H,4-8H2,1-3H3,(H,13,14)/t9-,10+/m0/s1. The zero-order chi connectivity index (χ0) is 10.9. The molecule has 0 aromatic carbocycles. The highest BCUT2D eigenvalue weighted by Gasteiger charge is 2.29. The van der Waals surface area contributed by atoms with Gasteiger partial charge in [0.1, 0.15) is 0 Å². The number of hydrogen-bond donors (Lipinski definition) is 1. The molecule has 1 aliphatic heterocycles. The predicted molar refractivity (Wildman–Crippen MR) is 68.5 cm³/mol. The summed E-state index contributed by atoms with van der Waals surface area (Å²) in [4.78, 5) is 4.88. The quantitative estimate of drug-likeness (QED) is 0.743. The number of rotatable bonds is 1. The minimum atomic E-state index is 0.238. The van der Waals surface area contributed by atoms with Crippen molar-refractivity contribution in [2.45, 2.75) is 58.0 Å². The predicted octanol–water partition coefficient (Wildman–Crippen LogP) is 3.04. The first-order valence-electron chi connectivity index (χ1n) is 6.06. The number of nitrogens with one attached hydrogen (secondary N) is 1. The van der Waals surface area contributed by atoms with Gasteiger partial charge >= 0.3 is 0 Å². The molecule has 1 heterocycles. The second-order valence-electron chi connectivity index (χ2n) is 5.56. The van der Waals surface area contributed by atoms with Crippen molar-refractivity contribution in [3.63, 3.8) is 0 Å². The molecule has 0 aromatic heterocycles. The van der Waals surface area contributed by atoms with Crippen molar-refractivity contribution in [3.8, 4) is 0 Å². The molecule has 0 amide bonds. The molecule has 15 heavy (non-hydrogen) atoms. The molecule has 0 radical (unpaired) electrons. The van der Waals surface area contributed by atoms with E-state index in [-0.39, 0.29) is 5.54 Å². The Morgan fingerprint density at radius 2 is 2.07 bits per heavy atom. The fraction of sp³-hybridized carbons (Fsp3) is 0.917. The number of thioether (sulfide) groups is 1. The van der Waals surface area contributed by atoms with Crippen molar-refractivity contribution >= 4 is 16.9 Å². The second kappa shape index (κ2) is 4.36. The lowest BCUT2D eigenvalue weighted by atomic mass is 9.86. The van der Waals surface area contributed by atoms with Crippen LogP contribution in [0.3, 0.4) is 0 Å². The lowest BCUT2D eigenvalue weighted by molar-refractivity contribution is 0.332. The first-order chi connectivity index (χ1) is 7.07. The van der Waals surface area contributed by atoms with Gasteiger partial charge in [0.25, 0.3) is 0 Å². The van der Waals surface area contributed by atoms with Crippen LogP contribution in [0, 0.1) is 5.92 Å². The van der Waals surface area contributed by atoms with E-state index in [2.05, 4.69) is 26.1 Å². The molecule has 2 rings (SSSR count). The molecule has 1 N–H and O–H groups in total. The number of hydrogen-bond acceptors (Lipinski definition) is 2. The Morgan fingerprint density at radius 1 is 1.33 bits per heavy atom. The maximum atomic E-state index is 4.88. The molecule has 86 valence electrons. The van der Waals surface area contributed by atoms with Gasteiger partial charge in [0, 0.05) is 11.3 Å². The van der Waals surface area contributed by atoms with E-state index < -0.39 is 0 Å². The van der Waals surface area contributed by atoms with E-state index in [1.54, 1.807) is 0 Å². The molecular weight excluding hydrogens is 204 g/mol. The first-order valence-corrected chi connectivity index (χ1v) is 7.04. The van der Waals surface area contributed by atoms with Crippen LogP contribution in [0.1, 0.15) is 46.5 Å². The lowest BCUT2D eigenvalue weighted by Gasteiger charge is -2.26. The maximum Gasteiger partial charge on any atom is 0.157 e. The Kier molecular flexibility index (Phi) is 3.29. The van der Waals surface area contributed by atoms with Crippen molar-refractivity contribution in [2.75, 3.05) is 5.75 Å². The zero-order valence-electron chi connectivity index (χ0n) is 10.0. The molecule has 0 unspecified atom stereocenters. The van der Waals surface area contributed by atoms with Gasteiger partial charge in [0.05, 0.1) is 6.04 Å². The van der Waals surface area contributed by atoms with E-state index in [1.165, 1.54) is 30.9 Å². The van der Waals surface area contributed by atoms with Crippen LogP contribution in [0.15, 0.2) is 4.99 Å². The average Bonchev–Trinajstić information content (AvgIpc) is 2.50. The number of aliphatic imine (C=N–C) groups is 1. The van der Waals surface area contributed by atoms with E-state index >= 15 is 0 Å². The van der Waals surface area contributed by atoms with Crippen molar-refractivity contribution in [1.29, 1.82) is 0 Å². The van der Waals surface area contributed by atoms with Gasteiger partial charge in [-0.15, -0.1) is 0 Å². The summed E-state index contributed by atoms with van der Waals surface area (Å²) < 4.78 is 0. The Labute approximate surface area is 97.3 Å². The van der Waals surface area contributed by atoms with Crippen LogP contribution < -0.4 is 5.32 Å². The minimum Gasteiger partial charge on any atom is -0.359 e. The fourth-order valence-corrected chi connectivity index (χ4v) is 3.45. The van der Waals surface area contributed by atoms with E-state index in [9.17, 15) is 0 Å². The van der Waals surface area contributed by atoms with Crippen molar-refractivity contribution in [2.24, 2.45) is 10.9 Å². The molecule has 0 spiro atoms. The Hall–Kier alpha value is -0.180. The molecule has 2 aliphatic rings. The summed E-state index contributed by atoms with van der Waals surface area (Å²) in [5.41, 5.74) is 0.238. The fourth-order valence-electron chi connectivity index (χ4n) is 2.32. The maximum absolute atomic E-state index is 4.88. The third-order valence-corrected chi connectivity index (χ3v) is 4.71. The molecule has 2 atom stereocenters. The highest BCUT2D eigenvalue weighted by atomic mass is 32.2. The minimum absolute atomic E-state index is 0.238. The van der Waals surface area contributed by atoms with Gasteiger partial charge < -0.3 is 5.32 Å². The van der Waals surface area contributed by atoms with Crippen LogP contribution in [0.25, 0.3) is 0 Å². The highest BCUT2D eigenvalue weighted by molar-refractivity contribution is 8.14. The third-order valence-electron chi connectivity index (χ3n) is 3.36. The van der Waals surface area contributed by atoms with E-state index in [0.717, 1.165) is 11.7 Å². The van der Waals surface area contributed by atoms with E-state index in [1.807, 2.05) is 11.8 Å². The third kappa shape index (κ3) is 2.90. The molecule has 1 saturated heterocycles. The molecular formula is C12H22N2S. The van der Waals surface area contributed by atoms with Gasteiger partial charge in [-0.3, -0.25) is 4.99 Å². The van der Waals surface area contributed by atoms with Crippen LogP contribution in [-0.4, -0.2) is 22.5 Å². The molecule has 2 nitrogen and oxygen atoms in total. The normalized spacial score (nSPS) is 37.9. The summed E-state index contributed by atoms with van der Waals surface area (Å²) in [6.07, 6.45) is 5.40. The average molecular weight is 226 g/mol. The molecule has 0 bridgehead atoms. The smallest absolute Gasteiger partial charge is 0.157 e. The SMILES string of the molecule is C[C@H]1CCCC[C@H]1N=C1NC(C)(C)CS1. The molecule has 1 aliphatic carbocycles. The van der Waals surface area contributed by atoms with Gasteiger partial charge in [0.15, 0.2) is 5.17 Å². The molecule has 0 aromatic rings. The number of nitrogens with zero attached hydrogens (tertiary/aromatic N) is 1. The van der Waals surface area contributed by atoms with Crippen LogP contribution >= 0.6 is 11.8 Å². The summed E-state index contributed by atoms with van der Waals surface area (Å²) in [6, 6.07) is 0.572. The molecule has 1 saturated carbocycles. The summed E-state index contributed by atoms with van der Waals surface area (Å²) in [7, 11) is 0. The van der Waals surface area contributed by atoms with Gasteiger partial charge in [-0.1, -0.05) is 31.5 Å².